The molecule has 9 nitrogen and oxygen atoms in total. The molecule has 2 heterocycles. The number of carbonyl (C=O) groups is 1. The number of aromatic nitrogens is 3. The first kappa shape index (κ1) is 29.5. The van der Waals surface area contributed by atoms with Crippen LogP contribution < -0.4 is 4.72 Å². The number of nitrogens with one attached hydrogen (secondary N) is 1. The molecule has 1 aromatic carbocycles. The smallest absolute Gasteiger partial charge is 0.276 e. The lowest BCUT2D eigenvalue weighted by molar-refractivity contribution is 0.0737. The molecule has 13 heteroatoms. The second-order valence-corrected chi connectivity index (χ2v) is 13.1. The van der Waals surface area contributed by atoms with Crippen LogP contribution in [-0.4, -0.2) is 65.9 Å². The third kappa shape index (κ3) is 6.71. The largest absolute Gasteiger partial charge is 0.419 e. The van der Waals surface area contributed by atoms with Gasteiger partial charge in [0.15, 0.2) is 5.01 Å². The first-order chi connectivity index (χ1) is 17.2. The molecule has 0 aliphatic heterocycles. The highest BCUT2D eigenvalue weighted by Crippen LogP contribution is 2.43. The quantitative estimate of drug-likeness (QED) is 0.322. The minimum absolute atomic E-state index is 0.0776. The Labute approximate surface area is 231 Å². The molecule has 0 saturated carbocycles. The van der Waals surface area contributed by atoms with Crippen molar-refractivity contribution in [2.75, 3.05) is 13.1 Å². The number of halogens is 2. The SMILES string of the molecule is C=S(=O)(NC(C)C)c1ccc(-c2sc(-c3nnc(CC(C)(C)O)o3)nc2C(=O)N(CC)CC)c(Cl)c1Cl. The van der Waals surface area contributed by atoms with E-state index in [-0.39, 0.29) is 50.8 Å². The van der Waals surface area contributed by atoms with E-state index < -0.39 is 15.3 Å². The van der Waals surface area contributed by atoms with Crippen molar-refractivity contribution >= 4 is 56.0 Å². The fourth-order valence-electron chi connectivity index (χ4n) is 3.59. The second kappa shape index (κ2) is 11.4. The number of aliphatic hydroxyl groups is 1. The molecule has 0 spiro atoms. The maximum atomic E-state index is 13.4. The minimum Gasteiger partial charge on any atom is -0.419 e. The molecule has 2 aromatic heterocycles. The topological polar surface area (TPSA) is 121 Å². The predicted molar refractivity (Wildman–Crippen MR) is 150 cm³/mol. The van der Waals surface area contributed by atoms with E-state index in [4.69, 9.17) is 27.6 Å². The molecule has 0 fully saturated rings. The van der Waals surface area contributed by atoms with Crippen molar-refractivity contribution in [3.05, 3.63) is 33.8 Å². The lowest BCUT2D eigenvalue weighted by atomic mass is 10.1. The van der Waals surface area contributed by atoms with Crippen molar-refractivity contribution in [3.8, 4) is 21.3 Å². The van der Waals surface area contributed by atoms with Crippen LogP contribution in [0.25, 0.3) is 21.3 Å². The molecule has 202 valence electrons. The first-order valence-electron chi connectivity index (χ1n) is 11.7. The molecule has 3 rings (SSSR count). The van der Waals surface area contributed by atoms with E-state index in [2.05, 4.69) is 25.8 Å². The molecular formula is C24H31Cl2N5O4S2. The van der Waals surface area contributed by atoms with Crippen molar-refractivity contribution in [3.63, 3.8) is 0 Å². The summed E-state index contributed by atoms with van der Waals surface area (Å²) >= 11 is 14.4. The zero-order chi connectivity index (χ0) is 27.7. The Kier molecular flexibility index (Phi) is 9.09. The Bertz CT molecular complexity index is 1390. The number of rotatable bonds is 10. The fraction of sp³-hybridized carbons (Fsp3) is 0.458. The van der Waals surface area contributed by atoms with Gasteiger partial charge in [0.1, 0.15) is 5.69 Å². The zero-order valence-corrected chi connectivity index (χ0v) is 24.7. The number of benzene rings is 1. The Morgan fingerprint density at radius 1 is 1.24 bits per heavy atom. The van der Waals surface area contributed by atoms with Crippen molar-refractivity contribution < 1.29 is 18.5 Å². The lowest BCUT2D eigenvalue weighted by Gasteiger charge is -2.19. The maximum Gasteiger partial charge on any atom is 0.276 e. The van der Waals surface area contributed by atoms with Crippen LogP contribution in [0.4, 0.5) is 0 Å². The van der Waals surface area contributed by atoms with Gasteiger partial charge in [-0.25, -0.2) is 13.9 Å². The highest BCUT2D eigenvalue weighted by Gasteiger charge is 2.29. The van der Waals surface area contributed by atoms with Crippen LogP contribution in [0.1, 0.15) is 57.9 Å². The van der Waals surface area contributed by atoms with Crippen LogP contribution >= 0.6 is 34.5 Å². The van der Waals surface area contributed by atoms with Crippen LogP contribution in [0.2, 0.25) is 10.0 Å². The number of hydrogen-bond acceptors (Lipinski definition) is 8. The van der Waals surface area contributed by atoms with E-state index in [1.807, 2.05) is 27.7 Å². The van der Waals surface area contributed by atoms with Crippen LogP contribution in [0, 0.1) is 0 Å². The summed E-state index contributed by atoms with van der Waals surface area (Å²) < 4.78 is 21.8. The Hall–Kier alpha value is -2.02. The summed E-state index contributed by atoms with van der Waals surface area (Å²) in [5.41, 5.74) is -0.427. The molecule has 0 bridgehead atoms. The summed E-state index contributed by atoms with van der Waals surface area (Å²) in [5, 5.41) is 18.6. The summed E-state index contributed by atoms with van der Waals surface area (Å²) in [6.45, 7) is 11.7. The molecule has 0 radical (unpaired) electrons. The van der Waals surface area contributed by atoms with Gasteiger partial charge < -0.3 is 14.4 Å². The van der Waals surface area contributed by atoms with Crippen LogP contribution in [0.3, 0.4) is 0 Å². The van der Waals surface area contributed by atoms with Crippen molar-refractivity contribution in [1.29, 1.82) is 0 Å². The average Bonchev–Trinajstić information content (AvgIpc) is 3.41. The number of hydrogen-bond donors (Lipinski definition) is 2. The van der Waals surface area contributed by atoms with Gasteiger partial charge >= 0.3 is 0 Å². The second-order valence-electron chi connectivity index (χ2n) is 9.35. The van der Waals surface area contributed by atoms with Gasteiger partial charge in [0.05, 0.1) is 41.5 Å². The molecule has 0 saturated heterocycles. The molecule has 3 aromatic rings. The summed E-state index contributed by atoms with van der Waals surface area (Å²) in [4.78, 5) is 20.3. The summed E-state index contributed by atoms with van der Waals surface area (Å²) in [6.07, 6.45) is 0.154. The lowest BCUT2D eigenvalue weighted by Crippen LogP contribution is -2.31. The monoisotopic (exact) mass is 587 g/mol. The van der Waals surface area contributed by atoms with E-state index in [1.165, 1.54) is 0 Å². The number of nitrogens with zero attached hydrogens (tertiary/aromatic N) is 4. The van der Waals surface area contributed by atoms with Gasteiger partial charge in [-0.1, -0.05) is 29.3 Å². The number of carbonyl (C=O) groups excluding carboxylic acids is 1. The van der Waals surface area contributed by atoms with Crippen LogP contribution in [0.15, 0.2) is 21.4 Å². The molecule has 1 unspecified atom stereocenters. The Morgan fingerprint density at radius 2 is 1.89 bits per heavy atom. The fourth-order valence-corrected chi connectivity index (χ4v) is 7.07. The van der Waals surface area contributed by atoms with Gasteiger partial charge in [0, 0.05) is 24.7 Å². The van der Waals surface area contributed by atoms with Crippen LogP contribution in [0.5, 0.6) is 0 Å². The van der Waals surface area contributed by atoms with Crippen molar-refractivity contribution in [2.45, 2.75) is 64.5 Å². The Morgan fingerprint density at radius 3 is 2.46 bits per heavy atom. The van der Waals surface area contributed by atoms with E-state index in [0.717, 1.165) is 11.3 Å². The normalized spacial score (nSPS) is 13.7. The minimum atomic E-state index is -2.92. The highest BCUT2D eigenvalue weighted by atomic mass is 35.5. The third-order valence-corrected chi connectivity index (χ3v) is 9.16. The van der Waals surface area contributed by atoms with Gasteiger partial charge in [-0.3, -0.25) is 4.79 Å². The molecule has 2 N–H and O–H groups in total. The Balaban J connectivity index is 2.16. The van der Waals surface area contributed by atoms with Crippen molar-refractivity contribution in [1.82, 2.24) is 24.8 Å². The third-order valence-electron chi connectivity index (χ3n) is 5.19. The summed E-state index contributed by atoms with van der Waals surface area (Å²) in [5.74, 6) is 3.87. The van der Waals surface area contributed by atoms with E-state index in [0.29, 0.717) is 28.5 Å². The molecule has 37 heavy (non-hydrogen) atoms. The van der Waals surface area contributed by atoms with E-state index in [1.54, 1.807) is 30.9 Å². The highest BCUT2D eigenvalue weighted by molar-refractivity contribution is 7.98. The molecular weight excluding hydrogens is 557 g/mol. The molecule has 0 aliphatic rings. The van der Waals surface area contributed by atoms with E-state index >= 15 is 0 Å². The number of amides is 1. The maximum absolute atomic E-state index is 13.4. The van der Waals surface area contributed by atoms with Gasteiger partial charge in [-0.05, 0) is 53.5 Å². The van der Waals surface area contributed by atoms with Gasteiger partial charge in [-0.2, -0.15) is 0 Å². The summed E-state index contributed by atoms with van der Waals surface area (Å²) in [6, 6.07) is 3.14. The molecule has 1 atom stereocenters. The average molecular weight is 589 g/mol. The van der Waals surface area contributed by atoms with Crippen LogP contribution in [-0.2, 0) is 16.1 Å². The standard InChI is InChI=1S/C24H31Cl2N5O4S2/c1-8-31(9-2)23(32)19-20(36-22(27-19)21-29-28-16(35-21)12-24(5,6)33)14-10-11-15(18(26)17(14)25)37(7,34)30-13(3)4/h10-11,13,33H,7-9,12H2,1-6H3,(H,30,34). The van der Waals surface area contributed by atoms with E-state index in [9.17, 15) is 14.1 Å². The molecule has 0 aliphatic carbocycles. The van der Waals surface area contributed by atoms with Gasteiger partial charge in [0.25, 0.3) is 11.8 Å². The molecule has 1 amide bonds. The predicted octanol–water partition coefficient (Wildman–Crippen LogP) is 4.95. The first-order valence-corrected chi connectivity index (χ1v) is 15.0. The summed E-state index contributed by atoms with van der Waals surface area (Å²) in [7, 11) is -2.92. The van der Waals surface area contributed by atoms with Crippen molar-refractivity contribution in [2.24, 2.45) is 0 Å². The zero-order valence-electron chi connectivity index (χ0n) is 21.6. The van der Waals surface area contributed by atoms with Gasteiger partial charge in [0.2, 0.25) is 5.89 Å². The number of thiazole rings is 1. The van der Waals surface area contributed by atoms with Gasteiger partial charge in [-0.15, -0.1) is 21.5 Å².